The lowest BCUT2D eigenvalue weighted by molar-refractivity contribution is 0.102. The molecular formula is C17H20N2O2. The summed E-state index contributed by atoms with van der Waals surface area (Å²) in [5.41, 5.74) is 1.49. The third-order valence-corrected chi connectivity index (χ3v) is 2.92. The van der Waals surface area contributed by atoms with Gasteiger partial charge in [-0.25, -0.2) is 4.98 Å². The number of amides is 1. The lowest BCUT2D eigenvalue weighted by Gasteiger charge is -2.10. The number of anilines is 1. The third-order valence-electron chi connectivity index (χ3n) is 2.92. The third kappa shape index (κ3) is 4.31. The van der Waals surface area contributed by atoms with Crippen molar-refractivity contribution in [2.24, 2.45) is 5.92 Å². The molecule has 1 aromatic carbocycles. The molecular weight excluding hydrogens is 264 g/mol. The van der Waals surface area contributed by atoms with Crippen LogP contribution < -0.4 is 10.1 Å². The van der Waals surface area contributed by atoms with E-state index in [4.69, 9.17) is 4.74 Å². The maximum absolute atomic E-state index is 12.2. The lowest BCUT2D eigenvalue weighted by atomic mass is 10.2. The first kappa shape index (κ1) is 15.0. The summed E-state index contributed by atoms with van der Waals surface area (Å²) in [6, 6.07) is 10.9. The van der Waals surface area contributed by atoms with Gasteiger partial charge in [0.1, 0.15) is 11.6 Å². The summed E-state index contributed by atoms with van der Waals surface area (Å²) >= 11 is 0. The molecule has 0 atom stereocenters. The number of hydrogen-bond acceptors (Lipinski definition) is 3. The van der Waals surface area contributed by atoms with Gasteiger partial charge in [0.25, 0.3) is 5.91 Å². The van der Waals surface area contributed by atoms with Crippen LogP contribution in [-0.4, -0.2) is 17.5 Å². The van der Waals surface area contributed by atoms with Gasteiger partial charge in [-0.3, -0.25) is 4.79 Å². The second-order valence-corrected chi connectivity index (χ2v) is 5.36. The van der Waals surface area contributed by atoms with Crippen LogP contribution in [0.1, 0.15) is 29.8 Å². The Labute approximate surface area is 125 Å². The van der Waals surface area contributed by atoms with E-state index in [-0.39, 0.29) is 5.91 Å². The predicted molar refractivity (Wildman–Crippen MR) is 83.7 cm³/mol. The monoisotopic (exact) mass is 284 g/mol. The number of aryl methyl sites for hydroxylation is 1. The van der Waals surface area contributed by atoms with E-state index in [1.807, 2.05) is 31.2 Å². The van der Waals surface area contributed by atoms with Gasteiger partial charge in [0.15, 0.2) is 0 Å². The van der Waals surface area contributed by atoms with Crippen molar-refractivity contribution >= 4 is 11.7 Å². The normalized spacial score (nSPS) is 10.5. The zero-order valence-electron chi connectivity index (χ0n) is 12.6. The molecule has 1 amide bonds. The Hall–Kier alpha value is -2.36. The van der Waals surface area contributed by atoms with E-state index in [1.54, 1.807) is 18.3 Å². The van der Waals surface area contributed by atoms with Crippen molar-refractivity contribution in [1.29, 1.82) is 0 Å². The lowest BCUT2D eigenvalue weighted by Crippen LogP contribution is -2.14. The number of carbonyl (C=O) groups excluding carboxylic acids is 1. The van der Waals surface area contributed by atoms with Crippen LogP contribution >= 0.6 is 0 Å². The van der Waals surface area contributed by atoms with Gasteiger partial charge in [-0.2, -0.15) is 0 Å². The maximum Gasteiger partial charge on any atom is 0.256 e. The Morgan fingerprint density at radius 1 is 1.29 bits per heavy atom. The van der Waals surface area contributed by atoms with Crippen LogP contribution in [0.15, 0.2) is 42.6 Å². The molecule has 2 rings (SSSR count). The van der Waals surface area contributed by atoms with Gasteiger partial charge in [-0.15, -0.1) is 0 Å². The van der Waals surface area contributed by atoms with E-state index in [9.17, 15) is 4.79 Å². The summed E-state index contributed by atoms with van der Waals surface area (Å²) in [6.45, 7) is 6.70. The molecule has 4 heteroatoms. The summed E-state index contributed by atoms with van der Waals surface area (Å²) in [5, 5.41) is 2.81. The van der Waals surface area contributed by atoms with E-state index in [0.29, 0.717) is 29.7 Å². The van der Waals surface area contributed by atoms with Gasteiger partial charge in [0.05, 0.1) is 6.61 Å². The van der Waals surface area contributed by atoms with E-state index >= 15 is 0 Å². The molecule has 4 nitrogen and oxygen atoms in total. The molecule has 0 aliphatic rings. The van der Waals surface area contributed by atoms with E-state index < -0.39 is 0 Å². The minimum Gasteiger partial charge on any atom is -0.493 e. The predicted octanol–water partition coefficient (Wildman–Crippen LogP) is 3.68. The highest BCUT2D eigenvalue weighted by Gasteiger charge is 2.09. The molecule has 0 aliphatic carbocycles. The van der Waals surface area contributed by atoms with Crippen molar-refractivity contribution in [1.82, 2.24) is 4.98 Å². The molecule has 0 unspecified atom stereocenters. The Morgan fingerprint density at radius 2 is 2.10 bits per heavy atom. The molecule has 21 heavy (non-hydrogen) atoms. The zero-order chi connectivity index (χ0) is 15.2. The zero-order valence-corrected chi connectivity index (χ0v) is 12.6. The molecule has 1 heterocycles. The Bertz CT molecular complexity index is 624. The Morgan fingerprint density at radius 3 is 2.81 bits per heavy atom. The second kappa shape index (κ2) is 6.88. The highest BCUT2D eigenvalue weighted by Crippen LogP contribution is 2.16. The van der Waals surface area contributed by atoms with Gasteiger partial charge < -0.3 is 10.1 Å². The first-order valence-electron chi connectivity index (χ1n) is 7.02. The van der Waals surface area contributed by atoms with Gasteiger partial charge in [0, 0.05) is 11.8 Å². The Kier molecular flexibility index (Phi) is 4.93. The molecule has 0 radical (unpaired) electrons. The number of nitrogens with one attached hydrogen (secondary N) is 1. The molecule has 0 bridgehead atoms. The minimum atomic E-state index is -0.188. The largest absolute Gasteiger partial charge is 0.493 e. The second-order valence-electron chi connectivity index (χ2n) is 5.36. The fourth-order valence-electron chi connectivity index (χ4n) is 1.79. The van der Waals surface area contributed by atoms with Gasteiger partial charge in [0.2, 0.25) is 0 Å². The first-order chi connectivity index (χ1) is 10.1. The average Bonchev–Trinajstić information content (AvgIpc) is 2.48. The summed E-state index contributed by atoms with van der Waals surface area (Å²) < 4.78 is 5.64. The molecule has 0 saturated heterocycles. The molecule has 0 spiro atoms. The molecule has 0 saturated carbocycles. The highest BCUT2D eigenvalue weighted by molar-refractivity contribution is 6.04. The topological polar surface area (TPSA) is 51.2 Å². The van der Waals surface area contributed by atoms with Crippen LogP contribution in [0.25, 0.3) is 0 Å². The molecule has 2 aromatic rings. The van der Waals surface area contributed by atoms with Crippen molar-refractivity contribution in [3.63, 3.8) is 0 Å². The van der Waals surface area contributed by atoms with Crippen LogP contribution in [0.2, 0.25) is 0 Å². The summed E-state index contributed by atoms with van der Waals surface area (Å²) in [7, 11) is 0. The van der Waals surface area contributed by atoms with Crippen LogP contribution in [0.4, 0.5) is 5.82 Å². The number of hydrogen-bond donors (Lipinski definition) is 1. The highest BCUT2D eigenvalue weighted by atomic mass is 16.5. The summed E-state index contributed by atoms with van der Waals surface area (Å²) in [5.74, 6) is 1.54. The molecule has 1 N–H and O–H groups in total. The van der Waals surface area contributed by atoms with E-state index in [0.717, 1.165) is 5.56 Å². The standard InChI is InChI=1S/C17H20N2O2/c1-12(2)11-21-15-8-4-7-14(10-15)17(20)19-16-13(3)6-5-9-18-16/h4-10,12H,11H2,1-3H3,(H,18,19,20). The van der Waals surface area contributed by atoms with E-state index in [2.05, 4.69) is 24.1 Å². The number of nitrogens with zero attached hydrogens (tertiary/aromatic N) is 1. The van der Waals surface area contributed by atoms with Crippen LogP contribution in [-0.2, 0) is 0 Å². The number of aromatic nitrogens is 1. The van der Waals surface area contributed by atoms with Crippen molar-refractivity contribution < 1.29 is 9.53 Å². The van der Waals surface area contributed by atoms with Crippen molar-refractivity contribution in [3.8, 4) is 5.75 Å². The first-order valence-corrected chi connectivity index (χ1v) is 7.02. The van der Waals surface area contributed by atoms with Crippen molar-refractivity contribution in [3.05, 3.63) is 53.7 Å². The molecule has 1 aromatic heterocycles. The fourth-order valence-corrected chi connectivity index (χ4v) is 1.79. The minimum absolute atomic E-state index is 0.188. The SMILES string of the molecule is Cc1cccnc1NC(=O)c1cccc(OCC(C)C)c1. The number of pyridine rings is 1. The Balaban J connectivity index is 2.09. The smallest absolute Gasteiger partial charge is 0.256 e. The quantitative estimate of drug-likeness (QED) is 0.911. The molecule has 110 valence electrons. The van der Waals surface area contributed by atoms with E-state index in [1.165, 1.54) is 0 Å². The summed E-state index contributed by atoms with van der Waals surface area (Å²) in [6.07, 6.45) is 1.66. The molecule has 0 aliphatic heterocycles. The van der Waals surface area contributed by atoms with Crippen LogP contribution in [0.5, 0.6) is 5.75 Å². The summed E-state index contributed by atoms with van der Waals surface area (Å²) in [4.78, 5) is 16.4. The van der Waals surface area contributed by atoms with Crippen LogP contribution in [0.3, 0.4) is 0 Å². The maximum atomic E-state index is 12.2. The van der Waals surface area contributed by atoms with Gasteiger partial charge >= 0.3 is 0 Å². The van der Waals surface area contributed by atoms with Crippen molar-refractivity contribution in [2.45, 2.75) is 20.8 Å². The fraction of sp³-hybridized carbons (Fsp3) is 0.294. The molecule has 0 fully saturated rings. The number of carbonyl (C=O) groups is 1. The van der Waals surface area contributed by atoms with Crippen molar-refractivity contribution in [2.75, 3.05) is 11.9 Å². The number of rotatable bonds is 5. The number of benzene rings is 1. The van der Waals surface area contributed by atoms with Gasteiger partial charge in [-0.1, -0.05) is 26.0 Å². The van der Waals surface area contributed by atoms with Crippen LogP contribution in [0, 0.1) is 12.8 Å². The van der Waals surface area contributed by atoms with Gasteiger partial charge in [-0.05, 0) is 42.7 Å². The average molecular weight is 284 g/mol. The number of ether oxygens (including phenoxy) is 1.